The van der Waals surface area contributed by atoms with E-state index < -0.39 is 17.5 Å². The van der Waals surface area contributed by atoms with Crippen LogP contribution < -0.4 is 5.32 Å². The Morgan fingerprint density at radius 2 is 2.06 bits per heavy atom. The van der Waals surface area contributed by atoms with Crippen LogP contribution in [0.2, 0.25) is 5.02 Å². The molecule has 88 valence electrons. The van der Waals surface area contributed by atoms with E-state index in [9.17, 15) is 13.6 Å². The van der Waals surface area contributed by atoms with Crippen molar-refractivity contribution in [2.24, 2.45) is 0 Å². The Morgan fingerprint density at radius 3 is 2.71 bits per heavy atom. The van der Waals surface area contributed by atoms with Gasteiger partial charge >= 0.3 is 0 Å². The molecule has 0 aliphatic carbocycles. The SMILES string of the molecule is O=C(Nc1cn[nH]c1)c1cc(F)c(F)cc1Cl. The molecule has 0 atom stereocenters. The van der Waals surface area contributed by atoms with Crippen molar-refractivity contribution in [3.05, 3.63) is 46.7 Å². The highest BCUT2D eigenvalue weighted by atomic mass is 35.5. The Kier molecular flexibility index (Phi) is 3.06. The topological polar surface area (TPSA) is 57.8 Å². The first kappa shape index (κ1) is 11.5. The van der Waals surface area contributed by atoms with Crippen molar-refractivity contribution in [2.75, 3.05) is 5.32 Å². The van der Waals surface area contributed by atoms with Gasteiger partial charge in [-0.2, -0.15) is 5.10 Å². The standard InChI is InChI=1S/C10H6ClF2N3O/c11-7-2-9(13)8(12)1-6(7)10(17)16-5-3-14-15-4-5/h1-4H,(H,14,15)(H,16,17). The number of halogens is 3. The van der Waals surface area contributed by atoms with Crippen LogP contribution in [-0.2, 0) is 0 Å². The molecule has 2 aromatic rings. The van der Waals surface area contributed by atoms with E-state index in [1.807, 2.05) is 0 Å². The highest BCUT2D eigenvalue weighted by Gasteiger charge is 2.15. The minimum Gasteiger partial charge on any atom is -0.319 e. The number of hydrogen-bond donors (Lipinski definition) is 2. The van der Waals surface area contributed by atoms with E-state index in [1.54, 1.807) is 0 Å². The monoisotopic (exact) mass is 257 g/mol. The molecule has 0 aliphatic rings. The number of benzene rings is 1. The summed E-state index contributed by atoms with van der Waals surface area (Å²) in [5.41, 5.74) is 0.252. The number of H-pyrrole nitrogens is 1. The van der Waals surface area contributed by atoms with Gasteiger partial charge in [0.25, 0.3) is 5.91 Å². The summed E-state index contributed by atoms with van der Waals surface area (Å²) in [5.74, 6) is -2.88. The van der Waals surface area contributed by atoms with Gasteiger partial charge in [-0.25, -0.2) is 8.78 Å². The van der Waals surface area contributed by atoms with Gasteiger partial charge in [0, 0.05) is 6.20 Å². The summed E-state index contributed by atoms with van der Waals surface area (Å²) in [5, 5.41) is 8.36. The van der Waals surface area contributed by atoms with Gasteiger partial charge in [0.15, 0.2) is 11.6 Å². The number of nitrogens with zero attached hydrogens (tertiary/aromatic N) is 1. The van der Waals surface area contributed by atoms with Crippen LogP contribution in [0.3, 0.4) is 0 Å². The van der Waals surface area contributed by atoms with Crippen molar-refractivity contribution >= 4 is 23.2 Å². The van der Waals surface area contributed by atoms with Crippen molar-refractivity contribution in [1.82, 2.24) is 10.2 Å². The minimum absolute atomic E-state index is 0.147. The Hall–Kier alpha value is -1.95. The van der Waals surface area contributed by atoms with Gasteiger partial charge in [-0.1, -0.05) is 11.6 Å². The number of rotatable bonds is 2. The predicted molar refractivity (Wildman–Crippen MR) is 57.9 cm³/mol. The van der Waals surface area contributed by atoms with Crippen LogP contribution in [0.25, 0.3) is 0 Å². The second kappa shape index (κ2) is 4.50. The average Bonchev–Trinajstić information content (AvgIpc) is 2.76. The first-order valence-electron chi connectivity index (χ1n) is 4.52. The molecule has 1 aromatic heterocycles. The first-order chi connectivity index (χ1) is 8.08. The molecule has 1 amide bonds. The molecule has 0 spiro atoms. The molecule has 4 nitrogen and oxygen atoms in total. The number of carbonyl (C=O) groups is 1. The lowest BCUT2D eigenvalue weighted by atomic mass is 10.2. The van der Waals surface area contributed by atoms with Crippen molar-refractivity contribution in [3.63, 3.8) is 0 Å². The van der Waals surface area contributed by atoms with Crippen LogP contribution in [0.15, 0.2) is 24.5 Å². The Bertz CT molecular complexity index is 557. The summed E-state index contributed by atoms with van der Waals surface area (Å²) >= 11 is 5.65. The molecule has 0 radical (unpaired) electrons. The third-order valence-electron chi connectivity index (χ3n) is 2.01. The smallest absolute Gasteiger partial charge is 0.257 e. The molecule has 0 saturated carbocycles. The predicted octanol–water partition coefficient (Wildman–Crippen LogP) is 2.59. The highest BCUT2D eigenvalue weighted by molar-refractivity contribution is 6.34. The third kappa shape index (κ3) is 2.42. The van der Waals surface area contributed by atoms with E-state index in [0.717, 1.165) is 12.1 Å². The number of nitrogens with one attached hydrogen (secondary N) is 2. The van der Waals surface area contributed by atoms with Crippen LogP contribution in [0.1, 0.15) is 10.4 Å². The van der Waals surface area contributed by atoms with E-state index in [1.165, 1.54) is 12.4 Å². The molecule has 2 N–H and O–H groups in total. The molecule has 0 fully saturated rings. The zero-order chi connectivity index (χ0) is 12.4. The first-order valence-corrected chi connectivity index (χ1v) is 4.90. The van der Waals surface area contributed by atoms with Gasteiger partial charge in [0.05, 0.1) is 22.5 Å². The summed E-state index contributed by atoms with van der Waals surface area (Å²) in [6.07, 6.45) is 2.80. The van der Waals surface area contributed by atoms with Gasteiger partial charge in [-0.15, -0.1) is 0 Å². The number of hydrogen-bond acceptors (Lipinski definition) is 2. The third-order valence-corrected chi connectivity index (χ3v) is 2.32. The van der Waals surface area contributed by atoms with Crippen LogP contribution in [0.5, 0.6) is 0 Å². The second-order valence-electron chi connectivity index (χ2n) is 3.19. The maximum Gasteiger partial charge on any atom is 0.257 e. The van der Waals surface area contributed by atoms with Gasteiger partial charge in [0.1, 0.15) is 0 Å². The molecule has 0 saturated heterocycles. The zero-order valence-electron chi connectivity index (χ0n) is 8.30. The fraction of sp³-hybridized carbons (Fsp3) is 0. The summed E-state index contributed by atoms with van der Waals surface area (Å²) in [7, 11) is 0. The molecule has 2 rings (SSSR count). The zero-order valence-corrected chi connectivity index (χ0v) is 9.05. The lowest BCUT2D eigenvalue weighted by Gasteiger charge is -2.05. The summed E-state index contributed by atoms with van der Waals surface area (Å²) < 4.78 is 25.8. The molecular weight excluding hydrogens is 252 g/mol. The van der Waals surface area contributed by atoms with Crippen LogP contribution in [-0.4, -0.2) is 16.1 Å². The number of aromatic amines is 1. The summed E-state index contributed by atoms with van der Waals surface area (Å²) in [6, 6.07) is 1.49. The maximum atomic E-state index is 13.0. The van der Waals surface area contributed by atoms with E-state index >= 15 is 0 Å². The Morgan fingerprint density at radius 1 is 1.35 bits per heavy atom. The van der Waals surface area contributed by atoms with Crippen LogP contribution in [0.4, 0.5) is 14.5 Å². The Balaban J connectivity index is 2.28. The van der Waals surface area contributed by atoms with Crippen LogP contribution >= 0.6 is 11.6 Å². The molecule has 7 heteroatoms. The van der Waals surface area contributed by atoms with Crippen molar-refractivity contribution in [2.45, 2.75) is 0 Å². The number of anilines is 1. The van der Waals surface area contributed by atoms with Crippen molar-refractivity contribution in [3.8, 4) is 0 Å². The second-order valence-corrected chi connectivity index (χ2v) is 3.59. The lowest BCUT2D eigenvalue weighted by molar-refractivity contribution is 0.102. The van der Waals surface area contributed by atoms with Crippen molar-refractivity contribution in [1.29, 1.82) is 0 Å². The normalized spacial score (nSPS) is 10.3. The van der Waals surface area contributed by atoms with Gasteiger partial charge in [0.2, 0.25) is 0 Å². The number of aromatic nitrogens is 2. The van der Waals surface area contributed by atoms with E-state index in [2.05, 4.69) is 15.5 Å². The number of carbonyl (C=O) groups excluding carboxylic acids is 1. The van der Waals surface area contributed by atoms with Gasteiger partial charge in [-0.3, -0.25) is 9.89 Å². The molecule has 0 unspecified atom stereocenters. The molecule has 0 aliphatic heterocycles. The molecular formula is C10H6ClF2N3O. The molecule has 17 heavy (non-hydrogen) atoms. The van der Waals surface area contributed by atoms with E-state index in [-0.39, 0.29) is 10.6 Å². The highest BCUT2D eigenvalue weighted by Crippen LogP contribution is 2.21. The van der Waals surface area contributed by atoms with Crippen molar-refractivity contribution < 1.29 is 13.6 Å². The Labute approximate surface area is 99.6 Å². The summed E-state index contributed by atoms with van der Waals surface area (Å²) in [4.78, 5) is 11.7. The molecule has 0 bridgehead atoms. The lowest BCUT2D eigenvalue weighted by Crippen LogP contribution is -2.12. The van der Waals surface area contributed by atoms with E-state index in [0.29, 0.717) is 5.69 Å². The maximum absolute atomic E-state index is 13.0. The number of amides is 1. The molecule has 1 aromatic carbocycles. The minimum atomic E-state index is -1.13. The molecule has 1 heterocycles. The summed E-state index contributed by atoms with van der Waals surface area (Å²) in [6.45, 7) is 0. The quantitative estimate of drug-likeness (QED) is 0.813. The van der Waals surface area contributed by atoms with E-state index in [4.69, 9.17) is 11.6 Å². The average molecular weight is 258 g/mol. The van der Waals surface area contributed by atoms with Crippen LogP contribution in [0, 0.1) is 11.6 Å². The fourth-order valence-corrected chi connectivity index (χ4v) is 1.45. The van der Waals surface area contributed by atoms with Gasteiger partial charge in [-0.05, 0) is 12.1 Å². The fourth-order valence-electron chi connectivity index (χ4n) is 1.21. The largest absolute Gasteiger partial charge is 0.319 e. The van der Waals surface area contributed by atoms with Gasteiger partial charge < -0.3 is 5.32 Å².